The second-order valence-corrected chi connectivity index (χ2v) is 11.1. The molecule has 0 bridgehead atoms. The summed E-state index contributed by atoms with van der Waals surface area (Å²) < 4.78 is 22.0. The second kappa shape index (κ2) is 10.6. The molecule has 1 atom stereocenters. The van der Waals surface area contributed by atoms with E-state index in [0.29, 0.717) is 12.4 Å². The lowest BCUT2D eigenvalue weighted by Crippen LogP contribution is -2.47. The summed E-state index contributed by atoms with van der Waals surface area (Å²) in [6.07, 6.45) is 2.57. The van der Waals surface area contributed by atoms with E-state index in [0.717, 1.165) is 24.3 Å². The van der Waals surface area contributed by atoms with E-state index in [1.165, 1.54) is 35.9 Å². The molecule has 0 radical (unpaired) electrons. The smallest absolute Gasteiger partial charge is 0.417 e. The predicted octanol–water partition coefficient (Wildman–Crippen LogP) is 3.94. The number of nitrogens with zero attached hydrogens (tertiary/aromatic N) is 6. The van der Waals surface area contributed by atoms with E-state index in [2.05, 4.69) is 10.3 Å². The normalized spacial score (nSPS) is 16.8. The topological polar surface area (TPSA) is 133 Å². The predicted molar refractivity (Wildman–Crippen MR) is 147 cm³/mol. The van der Waals surface area contributed by atoms with Crippen molar-refractivity contribution in [2.24, 2.45) is 0 Å². The number of hydrogen-bond acceptors (Lipinski definition) is 8. The summed E-state index contributed by atoms with van der Waals surface area (Å²) in [5.41, 5.74) is 0.0324. The summed E-state index contributed by atoms with van der Waals surface area (Å²) in [5, 5.41) is 17.3. The number of aromatic nitrogens is 3. The van der Waals surface area contributed by atoms with Crippen LogP contribution in [0.15, 0.2) is 36.5 Å². The SMILES string of the molecule is CC(=O)NC1CCCN(c2ccn(-c3cc(-c4c(F)cccc4C#N)nc4c3C(=O)N(C(=O)OC(C)(C)C)C4)n2)C1. The Morgan fingerprint density at radius 2 is 2.00 bits per heavy atom. The Kier molecular flexibility index (Phi) is 7.21. The molecule has 41 heavy (non-hydrogen) atoms. The van der Waals surface area contributed by atoms with E-state index < -0.39 is 23.4 Å². The number of hydrogen-bond donors (Lipinski definition) is 1. The monoisotopic (exact) mass is 559 g/mol. The minimum Gasteiger partial charge on any atom is -0.443 e. The van der Waals surface area contributed by atoms with Crippen molar-refractivity contribution in [1.29, 1.82) is 5.26 Å². The van der Waals surface area contributed by atoms with E-state index in [4.69, 9.17) is 9.84 Å². The molecule has 1 N–H and O–H groups in total. The first-order valence-electron chi connectivity index (χ1n) is 13.3. The summed E-state index contributed by atoms with van der Waals surface area (Å²) in [7, 11) is 0. The molecule has 4 heterocycles. The van der Waals surface area contributed by atoms with Gasteiger partial charge in [0.2, 0.25) is 5.91 Å². The molecule has 2 aliphatic heterocycles. The van der Waals surface area contributed by atoms with Gasteiger partial charge in [-0.1, -0.05) is 6.07 Å². The number of carbonyl (C=O) groups excluding carboxylic acids is 3. The van der Waals surface area contributed by atoms with Gasteiger partial charge in [-0.3, -0.25) is 9.59 Å². The van der Waals surface area contributed by atoms with Crippen LogP contribution in [0.1, 0.15) is 62.2 Å². The van der Waals surface area contributed by atoms with Crippen LogP contribution >= 0.6 is 0 Å². The van der Waals surface area contributed by atoms with Crippen molar-refractivity contribution in [3.8, 4) is 23.0 Å². The fourth-order valence-electron chi connectivity index (χ4n) is 5.15. The van der Waals surface area contributed by atoms with Crippen LogP contribution in [-0.4, -0.2) is 62.3 Å². The Labute approximate surface area is 236 Å². The van der Waals surface area contributed by atoms with Crippen LogP contribution in [0.5, 0.6) is 0 Å². The van der Waals surface area contributed by atoms with Crippen LogP contribution in [0.3, 0.4) is 0 Å². The maximum absolute atomic E-state index is 15.0. The van der Waals surface area contributed by atoms with Crippen molar-refractivity contribution in [3.63, 3.8) is 0 Å². The number of ether oxygens (including phenoxy) is 1. The van der Waals surface area contributed by atoms with Gasteiger partial charge in [-0.15, -0.1) is 0 Å². The molecule has 3 amide bonds. The van der Waals surface area contributed by atoms with Gasteiger partial charge in [0.15, 0.2) is 5.82 Å². The van der Waals surface area contributed by atoms with E-state index in [9.17, 15) is 19.6 Å². The van der Waals surface area contributed by atoms with Crippen LogP contribution in [0, 0.1) is 17.1 Å². The average Bonchev–Trinajstić information content (AvgIpc) is 3.52. The number of benzene rings is 1. The van der Waals surface area contributed by atoms with Gasteiger partial charge in [0, 0.05) is 38.3 Å². The quantitative estimate of drug-likeness (QED) is 0.508. The zero-order valence-corrected chi connectivity index (χ0v) is 23.3. The lowest BCUT2D eigenvalue weighted by molar-refractivity contribution is -0.119. The van der Waals surface area contributed by atoms with E-state index in [1.807, 2.05) is 11.0 Å². The van der Waals surface area contributed by atoms with Crippen LogP contribution in [0.2, 0.25) is 0 Å². The molecular weight excluding hydrogens is 529 g/mol. The largest absolute Gasteiger partial charge is 0.443 e. The maximum atomic E-state index is 15.0. The molecule has 11 nitrogen and oxygen atoms in total. The summed E-state index contributed by atoms with van der Waals surface area (Å²) in [4.78, 5) is 45.6. The molecule has 0 saturated carbocycles. The zero-order chi connectivity index (χ0) is 29.5. The van der Waals surface area contributed by atoms with Crippen LogP contribution < -0.4 is 10.2 Å². The molecule has 5 rings (SSSR count). The van der Waals surface area contributed by atoms with Gasteiger partial charge in [0.1, 0.15) is 11.4 Å². The molecular formula is C29H30FN7O4. The first kappa shape index (κ1) is 27.8. The fourth-order valence-corrected chi connectivity index (χ4v) is 5.15. The van der Waals surface area contributed by atoms with Gasteiger partial charge < -0.3 is 15.0 Å². The number of nitriles is 1. The maximum Gasteiger partial charge on any atom is 0.417 e. The molecule has 0 aliphatic carbocycles. The minimum absolute atomic E-state index is 0.0104. The summed E-state index contributed by atoms with van der Waals surface area (Å²) in [5.74, 6) is -0.724. The minimum atomic E-state index is -0.831. The van der Waals surface area contributed by atoms with Crippen molar-refractivity contribution >= 4 is 23.7 Å². The Balaban J connectivity index is 1.58. The standard InChI is InChI=1S/C29H30FN7O4/c1-17(38)32-19-8-6-11-35(15-19)24-10-12-37(34-24)23-13-21(25-18(14-31)7-5-9-20(25)30)33-22-16-36(27(39)26(22)23)28(40)41-29(2,3)4/h5,7,9-10,12-13,19H,6,8,11,15-16H2,1-4H3,(H,32,38). The molecule has 3 aromatic rings. The summed E-state index contributed by atoms with van der Waals surface area (Å²) >= 11 is 0. The number of carbonyl (C=O) groups is 3. The van der Waals surface area contributed by atoms with Crippen molar-refractivity contribution in [2.45, 2.75) is 58.7 Å². The van der Waals surface area contributed by atoms with Gasteiger partial charge in [-0.05, 0) is 51.8 Å². The van der Waals surface area contributed by atoms with Gasteiger partial charge in [-0.2, -0.15) is 10.4 Å². The highest BCUT2D eigenvalue weighted by molar-refractivity contribution is 6.08. The molecule has 1 saturated heterocycles. The average molecular weight is 560 g/mol. The van der Waals surface area contributed by atoms with Crippen molar-refractivity contribution < 1.29 is 23.5 Å². The number of fused-ring (bicyclic) bond motifs is 1. The molecule has 1 unspecified atom stereocenters. The molecule has 0 spiro atoms. The van der Waals surface area contributed by atoms with Crippen molar-refractivity contribution in [3.05, 3.63) is 59.2 Å². The van der Waals surface area contributed by atoms with Crippen LogP contribution in [-0.2, 0) is 16.1 Å². The molecule has 1 fully saturated rings. The number of amides is 3. The van der Waals surface area contributed by atoms with Gasteiger partial charge >= 0.3 is 6.09 Å². The number of rotatable bonds is 4. The number of piperidine rings is 1. The zero-order valence-electron chi connectivity index (χ0n) is 23.3. The summed E-state index contributed by atoms with van der Waals surface area (Å²) in [6.45, 7) is 7.71. The second-order valence-electron chi connectivity index (χ2n) is 11.1. The van der Waals surface area contributed by atoms with E-state index in [1.54, 1.807) is 33.0 Å². The molecule has 212 valence electrons. The molecule has 2 aromatic heterocycles. The number of anilines is 1. The lowest BCUT2D eigenvalue weighted by Gasteiger charge is -2.33. The Hall–Kier alpha value is -4.79. The Morgan fingerprint density at radius 3 is 2.71 bits per heavy atom. The van der Waals surface area contributed by atoms with Crippen molar-refractivity contribution in [1.82, 2.24) is 25.0 Å². The number of pyridine rings is 1. The van der Waals surface area contributed by atoms with Gasteiger partial charge in [0.25, 0.3) is 5.91 Å². The van der Waals surface area contributed by atoms with E-state index >= 15 is 4.39 Å². The molecule has 2 aliphatic rings. The lowest BCUT2D eigenvalue weighted by atomic mass is 10.0. The van der Waals surface area contributed by atoms with Crippen molar-refractivity contribution in [2.75, 3.05) is 18.0 Å². The summed E-state index contributed by atoms with van der Waals surface area (Å²) in [6, 6.07) is 9.43. The third-order valence-corrected chi connectivity index (χ3v) is 6.82. The molecule has 1 aromatic carbocycles. The fraction of sp³-hybridized carbons (Fsp3) is 0.379. The highest BCUT2D eigenvalue weighted by atomic mass is 19.1. The first-order chi connectivity index (χ1) is 19.4. The van der Waals surface area contributed by atoms with Gasteiger partial charge in [0.05, 0.1) is 46.4 Å². The van der Waals surface area contributed by atoms with Gasteiger partial charge in [-0.25, -0.2) is 23.8 Å². The highest BCUT2D eigenvalue weighted by Gasteiger charge is 2.39. The first-order valence-corrected chi connectivity index (χ1v) is 13.3. The Bertz CT molecular complexity index is 1590. The van der Waals surface area contributed by atoms with Crippen LogP contribution in [0.25, 0.3) is 16.9 Å². The highest BCUT2D eigenvalue weighted by Crippen LogP contribution is 2.34. The Morgan fingerprint density at radius 1 is 1.22 bits per heavy atom. The van der Waals surface area contributed by atoms with E-state index in [-0.39, 0.29) is 52.3 Å². The number of imide groups is 1. The number of halogens is 1. The third kappa shape index (κ3) is 5.61. The molecule has 12 heteroatoms. The van der Waals surface area contributed by atoms with Crippen LogP contribution in [0.4, 0.5) is 15.0 Å². The number of nitrogens with one attached hydrogen (secondary N) is 1. The third-order valence-electron chi connectivity index (χ3n) is 6.82.